The van der Waals surface area contributed by atoms with E-state index in [-0.39, 0.29) is 13.0 Å². The van der Waals surface area contributed by atoms with Crippen LogP contribution in [-0.2, 0) is 11.3 Å². The summed E-state index contributed by atoms with van der Waals surface area (Å²) in [6, 6.07) is 7.76. The summed E-state index contributed by atoms with van der Waals surface area (Å²) in [5.41, 5.74) is 0.917. The third-order valence-corrected chi connectivity index (χ3v) is 3.21. The lowest BCUT2D eigenvalue weighted by atomic mass is 10.2. The Kier molecular flexibility index (Phi) is 3.93. The van der Waals surface area contributed by atoms with Crippen LogP contribution < -0.4 is 0 Å². The van der Waals surface area contributed by atoms with E-state index >= 15 is 0 Å². The van der Waals surface area contributed by atoms with Crippen LogP contribution in [0.5, 0.6) is 0 Å². The summed E-state index contributed by atoms with van der Waals surface area (Å²) in [5, 5.41) is 20.1. The molecular formula is C11H12N4O2S. The van der Waals surface area contributed by atoms with Gasteiger partial charge in [0.05, 0.1) is 13.0 Å². The van der Waals surface area contributed by atoms with Crippen molar-refractivity contribution in [1.82, 2.24) is 20.2 Å². The first kappa shape index (κ1) is 12.6. The first-order valence-electron chi connectivity index (χ1n) is 5.33. The topological polar surface area (TPSA) is 80.9 Å². The molecule has 2 aromatic rings. The van der Waals surface area contributed by atoms with Gasteiger partial charge in [0.2, 0.25) is 0 Å². The molecule has 0 amide bonds. The zero-order valence-electron chi connectivity index (χ0n) is 9.78. The Hall–Kier alpha value is -1.89. The number of carbonyl (C=O) groups is 1. The highest BCUT2D eigenvalue weighted by molar-refractivity contribution is 7.98. The normalized spacial score (nSPS) is 10.5. The molecule has 0 aliphatic carbocycles. The zero-order valence-corrected chi connectivity index (χ0v) is 10.6. The lowest BCUT2D eigenvalue weighted by Gasteiger charge is -2.06. The minimum Gasteiger partial charge on any atom is -0.481 e. The summed E-state index contributed by atoms with van der Waals surface area (Å²) < 4.78 is 1.52. The molecule has 2 rings (SSSR count). The minimum atomic E-state index is -0.866. The van der Waals surface area contributed by atoms with Crippen molar-refractivity contribution in [1.29, 1.82) is 0 Å². The quantitative estimate of drug-likeness (QED) is 0.825. The van der Waals surface area contributed by atoms with Crippen LogP contribution in [-0.4, -0.2) is 37.5 Å². The molecule has 18 heavy (non-hydrogen) atoms. The number of hydrogen-bond acceptors (Lipinski definition) is 5. The summed E-state index contributed by atoms with van der Waals surface area (Å²) in [6.07, 6.45) is 1.98. The highest BCUT2D eigenvalue weighted by Gasteiger charge is 2.13. The van der Waals surface area contributed by atoms with Crippen LogP contribution in [0.25, 0.3) is 11.4 Å². The molecule has 0 spiro atoms. The summed E-state index contributed by atoms with van der Waals surface area (Å²) in [4.78, 5) is 11.6. The highest BCUT2D eigenvalue weighted by Crippen LogP contribution is 2.27. The molecule has 1 aromatic heterocycles. The summed E-state index contributed by atoms with van der Waals surface area (Å²) in [6.45, 7) is 0.264. The van der Waals surface area contributed by atoms with E-state index in [1.54, 1.807) is 11.8 Å². The second-order valence-corrected chi connectivity index (χ2v) is 4.42. The number of aliphatic carboxylic acids is 1. The van der Waals surface area contributed by atoms with Gasteiger partial charge >= 0.3 is 5.97 Å². The van der Waals surface area contributed by atoms with Crippen LogP contribution in [0.1, 0.15) is 6.42 Å². The van der Waals surface area contributed by atoms with Gasteiger partial charge in [0.15, 0.2) is 5.82 Å². The monoisotopic (exact) mass is 264 g/mol. The molecule has 7 heteroatoms. The van der Waals surface area contributed by atoms with E-state index in [0.717, 1.165) is 10.5 Å². The molecule has 1 aromatic carbocycles. The van der Waals surface area contributed by atoms with E-state index in [9.17, 15) is 4.79 Å². The van der Waals surface area contributed by atoms with E-state index < -0.39 is 5.97 Å². The smallest absolute Gasteiger partial charge is 0.305 e. The molecule has 0 unspecified atom stereocenters. The number of aryl methyl sites for hydroxylation is 1. The van der Waals surface area contributed by atoms with Crippen molar-refractivity contribution in [3.63, 3.8) is 0 Å². The van der Waals surface area contributed by atoms with Crippen LogP contribution in [0.3, 0.4) is 0 Å². The number of benzene rings is 1. The number of thioether (sulfide) groups is 1. The Morgan fingerprint density at radius 1 is 1.44 bits per heavy atom. The van der Waals surface area contributed by atoms with Crippen molar-refractivity contribution in [3.8, 4) is 11.4 Å². The van der Waals surface area contributed by atoms with Gasteiger partial charge in [-0.15, -0.1) is 16.9 Å². The van der Waals surface area contributed by atoms with Gasteiger partial charge in [0.25, 0.3) is 0 Å². The third kappa shape index (κ3) is 2.67. The minimum absolute atomic E-state index is 0.000521. The summed E-state index contributed by atoms with van der Waals surface area (Å²) in [5.74, 6) is -0.268. The summed E-state index contributed by atoms with van der Waals surface area (Å²) >= 11 is 1.60. The van der Waals surface area contributed by atoms with Crippen LogP contribution in [0, 0.1) is 0 Å². The fraction of sp³-hybridized carbons (Fsp3) is 0.273. The lowest BCUT2D eigenvalue weighted by Crippen LogP contribution is -2.08. The largest absolute Gasteiger partial charge is 0.481 e. The lowest BCUT2D eigenvalue weighted by molar-refractivity contribution is -0.137. The molecule has 1 heterocycles. The number of carboxylic acids is 1. The maximum atomic E-state index is 10.6. The van der Waals surface area contributed by atoms with E-state index in [1.165, 1.54) is 4.68 Å². The van der Waals surface area contributed by atoms with Crippen LogP contribution in [0.4, 0.5) is 0 Å². The Labute approximate surface area is 108 Å². The average Bonchev–Trinajstić information content (AvgIpc) is 2.84. The Balaban J connectivity index is 2.33. The van der Waals surface area contributed by atoms with E-state index in [1.807, 2.05) is 30.5 Å². The standard InChI is InChI=1S/C11H12N4O2S/c1-18-9-5-3-2-4-8(9)11-12-13-14-15(11)7-6-10(16)17/h2-5H,6-7H2,1H3,(H,16,17). The zero-order chi connectivity index (χ0) is 13.0. The average molecular weight is 264 g/mol. The molecule has 0 atom stereocenters. The highest BCUT2D eigenvalue weighted by atomic mass is 32.2. The number of tetrazole rings is 1. The molecule has 0 aliphatic heterocycles. The van der Waals surface area contributed by atoms with Gasteiger partial charge in [0, 0.05) is 10.5 Å². The van der Waals surface area contributed by atoms with Gasteiger partial charge < -0.3 is 5.11 Å². The van der Waals surface area contributed by atoms with Crippen molar-refractivity contribution in [2.45, 2.75) is 17.9 Å². The molecule has 0 radical (unpaired) electrons. The van der Waals surface area contributed by atoms with Gasteiger partial charge in [-0.1, -0.05) is 12.1 Å². The SMILES string of the molecule is CSc1ccccc1-c1nnnn1CCC(=O)O. The maximum Gasteiger partial charge on any atom is 0.305 e. The van der Waals surface area contributed by atoms with Crippen LogP contribution in [0.2, 0.25) is 0 Å². The van der Waals surface area contributed by atoms with E-state index in [0.29, 0.717) is 5.82 Å². The molecule has 0 fully saturated rings. The van der Waals surface area contributed by atoms with Crippen molar-refractivity contribution in [3.05, 3.63) is 24.3 Å². The van der Waals surface area contributed by atoms with Crippen molar-refractivity contribution in [2.75, 3.05) is 6.26 Å². The van der Waals surface area contributed by atoms with Crippen molar-refractivity contribution >= 4 is 17.7 Å². The van der Waals surface area contributed by atoms with Crippen molar-refractivity contribution < 1.29 is 9.90 Å². The molecule has 0 saturated heterocycles. The van der Waals surface area contributed by atoms with E-state index in [4.69, 9.17) is 5.11 Å². The van der Waals surface area contributed by atoms with Gasteiger partial charge in [-0.2, -0.15) is 0 Å². The van der Waals surface area contributed by atoms with Gasteiger partial charge in [-0.3, -0.25) is 4.79 Å². The van der Waals surface area contributed by atoms with Gasteiger partial charge in [0.1, 0.15) is 0 Å². The molecule has 0 aliphatic rings. The van der Waals surface area contributed by atoms with Gasteiger partial charge in [-0.25, -0.2) is 4.68 Å². The number of nitrogens with zero attached hydrogens (tertiary/aromatic N) is 4. The fourth-order valence-corrected chi connectivity index (χ4v) is 2.17. The number of rotatable bonds is 5. The maximum absolute atomic E-state index is 10.6. The predicted octanol–water partition coefficient (Wildman–Crippen LogP) is 1.54. The molecule has 0 bridgehead atoms. The number of hydrogen-bond donors (Lipinski definition) is 1. The second-order valence-electron chi connectivity index (χ2n) is 3.57. The Bertz CT molecular complexity index is 555. The van der Waals surface area contributed by atoms with Crippen LogP contribution in [0.15, 0.2) is 29.2 Å². The number of aromatic nitrogens is 4. The molecular weight excluding hydrogens is 252 g/mol. The molecule has 94 valence electrons. The van der Waals surface area contributed by atoms with E-state index in [2.05, 4.69) is 15.5 Å². The first-order chi connectivity index (χ1) is 8.72. The summed E-state index contributed by atoms with van der Waals surface area (Å²) in [7, 11) is 0. The van der Waals surface area contributed by atoms with Gasteiger partial charge in [-0.05, 0) is 28.8 Å². The fourth-order valence-electron chi connectivity index (χ4n) is 1.58. The van der Waals surface area contributed by atoms with Crippen LogP contribution >= 0.6 is 11.8 Å². The molecule has 0 saturated carbocycles. The molecule has 6 nitrogen and oxygen atoms in total. The molecule has 1 N–H and O–H groups in total. The predicted molar refractivity (Wildman–Crippen MR) is 67.3 cm³/mol. The second kappa shape index (κ2) is 5.63. The Morgan fingerprint density at radius 2 is 2.22 bits per heavy atom. The number of carboxylic acid groups (broad SMARTS) is 1. The Morgan fingerprint density at radius 3 is 2.94 bits per heavy atom. The van der Waals surface area contributed by atoms with Crippen molar-refractivity contribution in [2.24, 2.45) is 0 Å². The first-order valence-corrected chi connectivity index (χ1v) is 6.56. The third-order valence-electron chi connectivity index (χ3n) is 2.42.